The van der Waals surface area contributed by atoms with E-state index in [0.717, 1.165) is 6.42 Å². The monoisotopic (exact) mass is 333 g/mol. The Morgan fingerprint density at radius 3 is 2.71 bits per heavy atom. The molecule has 2 rings (SSSR count). The number of aromatic amines is 1. The topological polar surface area (TPSA) is 86.3 Å². The van der Waals surface area contributed by atoms with Crippen LogP contribution in [0, 0.1) is 5.92 Å². The molecule has 130 valence electrons. The summed E-state index contributed by atoms with van der Waals surface area (Å²) >= 11 is 0. The van der Waals surface area contributed by atoms with E-state index in [4.69, 9.17) is 14.2 Å². The first-order valence-electron chi connectivity index (χ1n) is 7.95. The fraction of sp³-hybridized carbons (Fsp3) is 0.471. The minimum absolute atomic E-state index is 0.148. The largest absolute Gasteiger partial charge is 0.493 e. The van der Waals surface area contributed by atoms with E-state index in [0.29, 0.717) is 35.3 Å². The van der Waals surface area contributed by atoms with Gasteiger partial charge in [-0.2, -0.15) is 10.3 Å². The van der Waals surface area contributed by atoms with E-state index in [-0.39, 0.29) is 12.3 Å². The maximum atomic E-state index is 12.0. The van der Waals surface area contributed by atoms with E-state index in [9.17, 15) is 4.79 Å². The second-order valence-electron chi connectivity index (χ2n) is 5.64. The summed E-state index contributed by atoms with van der Waals surface area (Å²) in [5, 5.41) is 10.4. The zero-order valence-corrected chi connectivity index (χ0v) is 14.5. The average molecular weight is 333 g/mol. The van der Waals surface area contributed by atoms with Crippen LogP contribution in [0.3, 0.4) is 0 Å². The number of hydrogen-bond donors (Lipinski definition) is 1. The molecule has 0 fully saturated rings. The highest BCUT2D eigenvalue weighted by molar-refractivity contribution is 5.94. The molecule has 0 aliphatic heterocycles. The Labute approximate surface area is 141 Å². The van der Waals surface area contributed by atoms with Gasteiger partial charge in [-0.05, 0) is 37.5 Å². The number of hydrogen-bond acceptors (Lipinski definition) is 6. The number of esters is 1. The van der Waals surface area contributed by atoms with Gasteiger partial charge in [-0.1, -0.05) is 13.8 Å². The molecule has 1 N–H and O–H groups in total. The SMILES string of the molecule is CCOC(=O)c1n[nH]nc1-c1ccc(OC)c(OCCC(C)C)c1. The van der Waals surface area contributed by atoms with Crippen LogP contribution in [0.25, 0.3) is 11.3 Å². The normalized spacial score (nSPS) is 10.7. The van der Waals surface area contributed by atoms with Crippen LogP contribution in [-0.2, 0) is 4.74 Å². The lowest BCUT2D eigenvalue weighted by molar-refractivity contribution is 0.0520. The lowest BCUT2D eigenvalue weighted by Crippen LogP contribution is -2.07. The van der Waals surface area contributed by atoms with Crippen LogP contribution >= 0.6 is 0 Å². The number of carbonyl (C=O) groups is 1. The van der Waals surface area contributed by atoms with Crippen molar-refractivity contribution in [1.82, 2.24) is 15.4 Å². The molecule has 2 aromatic rings. The van der Waals surface area contributed by atoms with Crippen molar-refractivity contribution < 1.29 is 19.0 Å². The van der Waals surface area contributed by atoms with Crippen molar-refractivity contribution in [2.24, 2.45) is 5.92 Å². The summed E-state index contributed by atoms with van der Waals surface area (Å²) in [6.07, 6.45) is 0.936. The third-order valence-electron chi connectivity index (χ3n) is 3.41. The molecule has 0 radical (unpaired) electrons. The Hall–Kier alpha value is -2.57. The van der Waals surface area contributed by atoms with Gasteiger partial charge < -0.3 is 14.2 Å². The second-order valence-corrected chi connectivity index (χ2v) is 5.64. The number of aromatic nitrogens is 3. The summed E-state index contributed by atoms with van der Waals surface area (Å²) in [5.74, 6) is 1.27. The standard InChI is InChI=1S/C17H23N3O4/c1-5-23-17(21)16-15(18-20-19-16)12-6-7-13(22-4)14(10-12)24-9-8-11(2)3/h6-7,10-11H,5,8-9H2,1-4H3,(H,18,19,20). The first-order valence-corrected chi connectivity index (χ1v) is 7.95. The molecule has 7 nitrogen and oxygen atoms in total. The third kappa shape index (κ3) is 4.24. The van der Waals surface area contributed by atoms with Gasteiger partial charge in [0.15, 0.2) is 17.2 Å². The molecule has 0 spiro atoms. The number of nitrogens with one attached hydrogen (secondary N) is 1. The molecule has 0 saturated heterocycles. The number of carbonyl (C=O) groups excluding carboxylic acids is 1. The minimum atomic E-state index is -0.514. The Morgan fingerprint density at radius 1 is 1.25 bits per heavy atom. The molecule has 24 heavy (non-hydrogen) atoms. The lowest BCUT2D eigenvalue weighted by atomic mass is 10.1. The Balaban J connectivity index is 2.28. The van der Waals surface area contributed by atoms with Gasteiger partial charge in [0.05, 0.1) is 20.3 Å². The smallest absolute Gasteiger partial charge is 0.361 e. The number of H-pyrrole nitrogens is 1. The maximum Gasteiger partial charge on any atom is 0.361 e. The highest BCUT2D eigenvalue weighted by atomic mass is 16.5. The molecule has 0 amide bonds. The van der Waals surface area contributed by atoms with Gasteiger partial charge in [-0.3, -0.25) is 0 Å². The van der Waals surface area contributed by atoms with Crippen LogP contribution < -0.4 is 9.47 Å². The van der Waals surface area contributed by atoms with Gasteiger partial charge >= 0.3 is 5.97 Å². The predicted molar refractivity (Wildman–Crippen MR) is 89.3 cm³/mol. The van der Waals surface area contributed by atoms with E-state index in [1.807, 2.05) is 0 Å². The van der Waals surface area contributed by atoms with E-state index >= 15 is 0 Å². The third-order valence-corrected chi connectivity index (χ3v) is 3.41. The highest BCUT2D eigenvalue weighted by Crippen LogP contribution is 2.33. The molecular formula is C17H23N3O4. The Bertz CT molecular complexity index is 682. The number of methoxy groups -OCH3 is 1. The average Bonchev–Trinajstić information content (AvgIpc) is 3.04. The van der Waals surface area contributed by atoms with Gasteiger partial charge in [0, 0.05) is 5.56 Å². The van der Waals surface area contributed by atoms with Crippen LogP contribution in [0.2, 0.25) is 0 Å². The Morgan fingerprint density at radius 2 is 2.04 bits per heavy atom. The quantitative estimate of drug-likeness (QED) is 0.747. The van der Waals surface area contributed by atoms with Crippen molar-refractivity contribution in [3.8, 4) is 22.8 Å². The summed E-state index contributed by atoms with van der Waals surface area (Å²) in [5.41, 5.74) is 1.27. The zero-order chi connectivity index (χ0) is 17.5. The molecule has 0 bridgehead atoms. The summed E-state index contributed by atoms with van der Waals surface area (Å²) < 4.78 is 16.2. The zero-order valence-electron chi connectivity index (χ0n) is 14.5. The maximum absolute atomic E-state index is 12.0. The fourth-order valence-corrected chi connectivity index (χ4v) is 2.12. The number of benzene rings is 1. The van der Waals surface area contributed by atoms with Crippen molar-refractivity contribution in [2.45, 2.75) is 27.2 Å². The van der Waals surface area contributed by atoms with E-state index in [1.54, 1.807) is 32.2 Å². The minimum Gasteiger partial charge on any atom is -0.493 e. The van der Waals surface area contributed by atoms with Crippen molar-refractivity contribution >= 4 is 5.97 Å². The van der Waals surface area contributed by atoms with Crippen molar-refractivity contribution in [1.29, 1.82) is 0 Å². The summed E-state index contributed by atoms with van der Waals surface area (Å²) in [6.45, 7) is 6.88. The van der Waals surface area contributed by atoms with Gasteiger partial charge in [-0.25, -0.2) is 4.79 Å². The van der Waals surface area contributed by atoms with E-state index in [1.165, 1.54) is 0 Å². The molecular weight excluding hydrogens is 310 g/mol. The van der Waals surface area contributed by atoms with Gasteiger partial charge in [0.2, 0.25) is 0 Å². The molecule has 0 unspecified atom stereocenters. The molecule has 0 saturated carbocycles. The van der Waals surface area contributed by atoms with Crippen LogP contribution in [0.5, 0.6) is 11.5 Å². The lowest BCUT2D eigenvalue weighted by Gasteiger charge is -2.13. The molecule has 0 atom stereocenters. The number of nitrogens with zero attached hydrogens (tertiary/aromatic N) is 2. The molecule has 0 aliphatic rings. The summed E-state index contributed by atoms with van der Waals surface area (Å²) in [7, 11) is 1.59. The highest BCUT2D eigenvalue weighted by Gasteiger charge is 2.20. The van der Waals surface area contributed by atoms with E-state index < -0.39 is 5.97 Å². The fourth-order valence-electron chi connectivity index (χ4n) is 2.12. The Kier molecular flexibility index (Phi) is 6.17. The van der Waals surface area contributed by atoms with Crippen LogP contribution in [0.15, 0.2) is 18.2 Å². The first kappa shape index (κ1) is 17.8. The molecule has 7 heteroatoms. The van der Waals surface area contributed by atoms with Crippen molar-refractivity contribution in [3.63, 3.8) is 0 Å². The first-order chi connectivity index (χ1) is 11.6. The van der Waals surface area contributed by atoms with E-state index in [2.05, 4.69) is 29.3 Å². The molecule has 1 aromatic heterocycles. The van der Waals surface area contributed by atoms with Gasteiger partial charge in [0.25, 0.3) is 0 Å². The summed E-state index contributed by atoms with van der Waals surface area (Å²) in [6, 6.07) is 5.37. The van der Waals surface area contributed by atoms with Crippen LogP contribution in [-0.4, -0.2) is 41.7 Å². The number of ether oxygens (including phenoxy) is 3. The van der Waals surface area contributed by atoms with Crippen molar-refractivity contribution in [3.05, 3.63) is 23.9 Å². The summed E-state index contributed by atoms with van der Waals surface area (Å²) in [4.78, 5) is 12.0. The van der Waals surface area contributed by atoms with Crippen LogP contribution in [0.1, 0.15) is 37.7 Å². The molecule has 1 aromatic carbocycles. The molecule has 0 aliphatic carbocycles. The van der Waals surface area contributed by atoms with Gasteiger partial charge in [-0.15, -0.1) is 5.10 Å². The number of rotatable bonds is 8. The molecule has 1 heterocycles. The van der Waals surface area contributed by atoms with Gasteiger partial charge in [0.1, 0.15) is 5.69 Å². The van der Waals surface area contributed by atoms with Crippen LogP contribution in [0.4, 0.5) is 0 Å². The second kappa shape index (κ2) is 8.33. The van der Waals surface area contributed by atoms with Crippen molar-refractivity contribution in [2.75, 3.05) is 20.3 Å². The predicted octanol–water partition coefficient (Wildman–Crippen LogP) is 3.08.